The van der Waals surface area contributed by atoms with Gasteiger partial charge in [-0.3, -0.25) is 14.4 Å². The standard InChI is InChI=1S/C23H25N5O4/c1-14(21-25-17-9-5-6-10-19(17)28(21)11-12-32-2)24-20(29)13-18-23(31)26-16-8-4-3-7-15(16)22(30)27-18/h3-10,14,18H,11-13H2,1-2H3,(H,24,29)(H,26,31)(H,27,30)/t14-,18+/m0/s1. The van der Waals surface area contributed by atoms with Crippen LogP contribution >= 0.6 is 0 Å². The number of carbonyl (C=O) groups excluding carboxylic acids is 3. The van der Waals surface area contributed by atoms with E-state index in [0.717, 1.165) is 11.0 Å². The third kappa shape index (κ3) is 4.33. The number of anilines is 1. The second kappa shape index (κ2) is 9.19. The summed E-state index contributed by atoms with van der Waals surface area (Å²) in [5.41, 5.74) is 2.57. The topological polar surface area (TPSA) is 114 Å². The Bertz CT molecular complexity index is 1170. The number of hydrogen-bond donors (Lipinski definition) is 3. The first-order chi connectivity index (χ1) is 15.5. The van der Waals surface area contributed by atoms with E-state index in [9.17, 15) is 14.4 Å². The van der Waals surface area contributed by atoms with Crippen molar-refractivity contribution in [3.05, 3.63) is 59.9 Å². The summed E-state index contributed by atoms with van der Waals surface area (Å²) in [6, 6.07) is 13.1. The van der Waals surface area contributed by atoms with Crippen molar-refractivity contribution in [1.82, 2.24) is 20.2 Å². The molecule has 1 aliphatic heterocycles. The molecular weight excluding hydrogens is 410 g/mol. The first-order valence-electron chi connectivity index (χ1n) is 10.4. The van der Waals surface area contributed by atoms with Gasteiger partial charge in [0.2, 0.25) is 11.8 Å². The van der Waals surface area contributed by atoms with Crippen LogP contribution in [0.2, 0.25) is 0 Å². The summed E-state index contributed by atoms with van der Waals surface area (Å²) in [4.78, 5) is 42.5. The molecule has 4 rings (SSSR count). The lowest BCUT2D eigenvalue weighted by atomic mass is 10.1. The predicted molar refractivity (Wildman–Crippen MR) is 119 cm³/mol. The lowest BCUT2D eigenvalue weighted by Crippen LogP contribution is -2.45. The first-order valence-corrected chi connectivity index (χ1v) is 10.4. The molecule has 1 aliphatic rings. The van der Waals surface area contributed by atoms with Gasteiger partial charge >= 0.3 is 0 Å². The van der Waals surface area contributed by atoms with Gasteiger partial charge in [-0.25, -0.2) is 4.98 Å². The number of hydrogen-bond acceptors (Lipinski definition) is 5. The van der Waals surface area contributed by atoms with Gasteiger partial charge < -0.3 is 25.3 Å². The van der Waals surface area contributed by atoms with Gasteiger partial charge in [-0.2, -0.15) is 0 Å². The number of carbonyl (C=O) groups is 3. The molecule has 166 valence electrons. The molecule has 0 bridgehead atoms. The van der Waals surface area contributed by atoms with Crippen molar-refractivity contribution < 1.29 is 19.1 Å². The molecule has 0 unspecified atom stereocenters. The monoisotopic (exact) mass is 435 g/mol. The maximum atomic E-state index is 12.8. The van der Waals surface area contributed by atoms with Gasteiger partial charge in [0.1, 0.15) is 11.9 Å². The number of aromatic nitrogens is 2. The van der Waals surface area contributed by atoms with Crippen molar-refractivity contribution in [2.45, 2.75) is 32.0 Å². The Morgan fingerprint density at radius 3 is 2.75 bits per heavy atom. The maximum Gasteiger partial charge on any atom is 0.254 e. The van der Waals surface area contributed by atoms with Gasteiger partial charge in [0.05, 0.1) is 41.4 Å². The van der Waals surface area contributed by atoms with E-state index in [1.54, 1.807) is 31.4 Å². The highest BCUT2D eigenvalue weighted by Crippen LogP contribution is 2.22. The minimum atomic E-state index is -0.977. The summed E-state index contributed by atoms with van der Waals surface area (Å²) in [6.45, 7) is 2.93. The van der Waals surface area contributed by atoms with E-state index >= 15 is 0 Å². The highest BCUT2D eigenvalue weighted by atomic mass is 16.5. The largest absolute Gasteiger partial charge is 0.383 e. The SMILES string of the molecule is COCCn1c([C@H](C)NC(=O)C[C@H]2NC(=O)c3ccccc3NC2=O)nc2ccccc21. The molecule has 2 heterocycles. The molecule has 0 fully saturated rings. The zero-order chi connectivity index (χ0) is 22.7. The zero-order valence-electron chi connectivity index (χ0n) is 17.9. The molecule has 9 nitrogen and oxygen atoms in total. The Balaban J connectivity index is 1.48. The Morgan fingerprint density at radius 1 is 1.19 bits per heavy atom. The molecule has 0 radical (unpaired) electrons. The molecule has 0 spiro atoms. The Morgan fingerprint density at radius 2 is 1.94 bits per heavy atom. The van der Waals surface area contributed by atoms with Crippen LogP contribution in [0.3, 0.4) is 0 Å². The van der Waals surface area contributed by atoms with Gasteiger partial charge in [0.25, 0.3) is 5.91 Å². The molecule has 3 amide bonds. The summed E-state index contributed by atoms with van der Waals surface area (Å²) in [6.07, 6.45) is -0.186. The molecule has 3 N–H and O–H groups in total. The Hall–Kier alpha value is -3.72. The smallest absolute Gasteiger partial charge is 0.254 e. The quantitative estimate of drug-likeness (QED) is 0.525. The molecule has 0 saturated carbocycles. The van der Waals surface area contributed by atoms with E-state index in [1.165, 1.54) is 0 Å². The van der Waals surface area contributed by atoms with Crippen LogP contribution in [0.4, 0.5) is 5.69 Å². The molecule has 2 atom stereocenters. The number of para-hydroxylation sites is 3. The average molecular weight is 435 g/mol. The Labute approximate surface area is 185 Å². The minimum Gasteiger partial charge on any atom is -0.383 e. The van der Waals surface area contributed by atoms with Crippen LogP contribution in [0.1, 0.15) is 35.6 Å². The molecule has 2 aromatic carbocycles. The second-order valence-electron chi connectivity index (χ2n) is 7.66. The predicted octanol–water partition coefficient (Wildman–Crippen LogP) is 2.00. The number of amides is 3. The summed E-state index contributed by atoms with van der Waals surface area (Å²) < 4.78 is 7.23. The lowest BCUT2D eigenvalue weighted by molar-refractivity contribution is -0.126. The van der Waals surface area contributed by atoms with Crippen LogP contribution in [0.5, 0.6) is 0 Å². The van der Waals surface area contributed by atoms with Crippen LogP contribution < -0.4 is 16.0 Å². The van der Waals surface area contributed by atoms with Crippen LogP contribution in [0.15, 0.2) is 48.5 Å². The average Bonchev–Trinajstić information content (AvgIpc) is 3.10. The van der Waals surface area contributed by atoms with E-state index in [4.69, 9.17) is 4.74 Å². The van der Waals surface area contributed by atoms with E-state index < -0.39 is 23.9 Å². The molecule has 3 aromatic rings. The molecule has 1 aromatic heterocycles. The number of ether oxygens (including phenoxy) is 1. The van der Waals surface area contributed by atoms with Crippen molar-refractivity contribution in [2.24, 2.45) is 0 Å². The van der Waals surface area contributed by atoms with Gasteiger partial charge in [-0.05, 0) is 31.2 Å². The van der Waals surface area contributed by atoms with Crippen molar-refractivity contribution in [3.8, 4) is 0 Å². The van der Waals surface area contributed by atoms with Gasteiger partial charge in [0.15, 0.2) is 0 Å². The highest BCUT2D eigenvalue weighted by molar-refractivity contribution is 6.10. The van der Waals surface area contributed by atoms with E-state index in [-0.39, 0.29) is 12.3 Å². The molecule has 0 saturated heterocycles. The first kappa shape index (κ1) is 21.5. The summed E-state index contributed by atoms with van der Waals surface area (Å²) in [5.74, 6) is -0.503. The second-order valence-corrected chi connectivity index (χ2v) is 7.66. The van der Waals surface area contributed by atoms with Crippen molar-refractivity contribution in [2.75, 3.05) is 19.0 Å². The number of benzene rings is 2. The summed E-state index contributed by atoms with van der Waals surface area (Å²) in [7, 11) is 1.63. The van der Waals surface area contributed by atoms with Gasteiger partial charge in [0, 0.05) is 13.7 Å². The van der Waals surface area contributed by atoms with Crippen LogP contribution in [-0.4, -0.2) is 47.0 Å². The third-order valence-corrected chi connectivity index (χ3v) is 5.41. The normalized spacial score (nSPS) is 16.6. The summed E-state index contributed by atoms with van der Waals surface area (Å²) in [5, 5.41) is 8.25. The van der Waals surface area contributed by atoms with Crippen molar-refractivity contribution in [3.63, 3.8) is 0 Å². The van der Waals surface area contributed by atoms with Crippen LogP contribution in [0.25, 0.3) is 11.0 Å². The van der Waals surface area contributed by atoms with E-state index in [0.29, 0.717) is 30.2 Å². The lowest BCUT2D eigenvalue weighted by Gasteiger charge is -2.18. The molecule has 32 heavy (non-hydrogen) atoms. The number of fused-ring (bicyclic) bond motifs is 2. The van der Waals surface area contributed by atoms with E-state index in [1.807, 2.05) is 35.8 Å². The van der Waals surface area contributed by atoms with Crippen LogP contribution in [0, 0.1) is 0 Å². The van der Waals surface area contributed by atoms with Gasteiger partial charge in [-0.1, -0.05) is 24.3 Å². The zero-order valence-corrected chi connectivity index (χ0v) is 17.9. The van der Waals surface area contributed by atoms with E-state index in [2.05, 4.69) is 20.9 Å². The van der Waals surface area contributed by atoms with Crippen molar-refractivity contribution >= 4 is 34.4 Å². The number of methoxy groups -OCH3 is 1. The Kier molecular flexibility index (Phi) is 6.18. The maximum absolute atomic E-state index is 12.8. The fourth-order valence-corrected chi connectivity index (χ4v) is 3.85. The number of nitrogens with one attached hydrogen (secondary N) is 3. The summed E-state index contributed by atoms with van der Waals surface area (Å²) >= 11 is 0. The number of rotatable bonds is 7. The molecule has 0 aliphatic carbocycles. The number of nitrogens with zero attached hydrogens (tertiary/aromatic N) is 2. The van der Waals surface area contributed by atoms with Crippen LogP contribution in [-0.2, 0) is 20.9 Å². The van der Waals surface area contributed by atoms with Crippen molar-refractivity contribution in [1.29, 1.82) is 0 Å². The molecule has 9 heteroatoms. The fraction of sp³-hybridized carbons (Fsp3) is 0.304. The minimum absolute atomic E-state index is 0.186. The third-order valence-electron chi connectivity index (χ3n) is 5.41. The highest BCUT2D eigenvalue weighted by Gasteiger charge is 2.30. The number of imidazole rings is 1. The van der Waals surface area contributed by atoms with Gasteiger partial charge in [-0.15, -0.1) is 0 Å². The molecular formula is C23H25N5O4. The fourth-order valence-electron chi connectivity index (χ4n) is 3.85.